The number of nitrogens with zero attached hydrogens (tertiary/aromatic N) is 1. The van der Waals surface area contributed by atoms with Crippen LogP contribution in [-0.2, 0) is 9.15 Å². The predicted octanol–water partition coefficient (Wildman–Crippen LogP) is 11.0. The summed E-state index contributed by atoms with van der Waals surface area (Å²) >= 11 is 0. The number of unbranched alkanes of at least 4 members (excludes halogenated alkanes) is 24. The van der Waals surface area contributed by atoms with Crippen LogP contribution in [0.4, 0.5) is 0 Å². The summed E-state index contributed by atoms with van der Waals surface area (Å²) in [6.45, 7) is 7.42. The molecule has 0 aliphatic heterocycles. The normalized spacial score (nSPS) is 12.1. The van der Waals surface area contributed by atoms with Crippen molar-refractivity contribution in [3.63, 3.8) is 0 Å². The first-order chi connectivity index (χ1) is 18.5. The van der Waals surface area contributed by atoms with Crippen LogP contribution in [0.5, 0.6) is 0 Å². The molecule has 0 rings (SSSR count). The van der Waals surface area contributed by atoms with Gasteiger partial charge in [0.25, 0.3) is 0 Å². The van der Waals surface area contributed by atoms with Gasteiger partial charge in [-0.05, 0) is 36.7 Å². The van der Waals surface area contributed by atoms with Crippen LogP contribution in [-0.4, -0.2) is 43.3 Å². The van der Waals surface area contributed by atoms with E-state index < -0.39 is 9.15 Å². The van der Waals surface area contributed by atoms with Crippen molar-refractivity contribution in [2.24, 2.45) is 0 Å². The highest BCUT2D eigenvalue weighted by atomic mass is 33.1. The number of hydrogen-bond acceptors (Lipinski definition) is 4. The van der Waals surface area contributed by atoms with E-state index in [4.69, 9.17) is 4.55 Å². The summed E-state index contributed by atoms with van der Waals surface area (Å²) in [4.78, 5) is 2.43. The van der Waals surface area contributed by atoms with E-state index in [2.05, 4.69) is 18.7 Å². The molecule has 0 spiro atoms. The highest BCUT2D eigenvalue weighted by Gasteiger charge is 2.09. The van der Waals surface area contributed by atoms with Crippen molar-refractivity contribution < 1.29 is 13.0 Å². The lowest BCUT2D eigenvalue weighted by molar-refractivity contribution is 0.275. The van der Waals surface area contributed by atoms with Gasteiger partial charge in [-0.2, -0.15) is 8.42 Å². The Morgan fingerprint density at radius 1 is 0.447 bits per heavy atom. The van der Waals surface area contributed by atoms with Crippen LogP contribution in [0.25, 0.3) is 0 Å². The standard InChI is InChI=1S/C32H67NO3S2/c1-3-5-7-9-11-13-15-17-19-21-23-25-27-29-33(31-32-37-38(34,35)36)30-28-26-24-22-20-18-16-14-12-10-8-6-4-2/h3-32H2,1-2H3,(H,34,35,36). The third kappa shape index (κ3) is 32.4. The van der Waals surface area contributed by atoms with E-state index in [0.717, 1.165) is 19.6 Å². The van der Waals surface area contributed by atoms with Crippen molar-refractivity contribution >= 4 is 19.9 Å². The van der Waals surface area contributed by atoms with Gasteiger partial charge >= 0.3 is 9.15 Å². The fraction of sp³-hybridized carbons (Fsp3) is 1.00. The quantitative estimate of drug-likeness (QED) is 0.0489. The van der Waals surface area contributed by atoms with Crippen molar-refractivity contribution in [3.8, 4) is 0 Å². The Balaban J connectivity index is 3.77. The van der Waals surface area contributed by atoms with Gasteiger partial charge in [0, 0.05) is 12.3 Å². The second-order valence-electron chi connectivity index (χ2n) is 11.6. The van der Waals surface area contributed by atoms with E-state index in [1.54, 1.807) is 0 Å². The molecule has 230 valence electrons. The van der Waals surface area contributed by atoms with Gasteiger partial charge in [-0.25, -0.2) is 0 Å². The van der Waals surface area contributed by atoms with E-state index in [1.165, 1.54) is 167 Å². The molecule has 0 aromatic carbocycles. The van der Waals surface area contributed by atoms with Crippen molar-refractivity contribution in [1.82, 2.24) is 4.90 Å². The highest BCUT2D eigenvalue weighted by molar-refractivity contribution is 8.69. The number of hydrogen-bond donors (Lipinski definition) is 1. The third-order valence-electron chi connectivity index (χ3n) is 7.80. The first-order valence-electron chi connectivity index (χ1n) is 16.8. The third-order valence-corrected chi connectivity index (χ3v) is 9.84. The van der Waals surface area contributed by atoms with Crippen molar-refractivity contribution in [2.75, 3.05) is 25.4 Å². The summed E-state index contributed by atoms with van der Waals surface area (Å²) in [5, 5.41) is 0. The molecule has 0 aliphatic rings. The van der Waals surface area contributed by atoms with Gasteiger partial charge in [0.1, 0.15) is 0 Å². The first kappa shape index (κ1) is 38.2. The average molecular weight is 578 g/mol. The fourth-order valence-corrected chi connectivity index (χ4v) is 6.71. The predicted molar refractivity (Wildman–Crippen MR) is 172 cm³/mol. The van der Waals surface area contributed by atoms with E-state index >= 15 is 0 Å². The molecule has 0 radical (unpaired) electrons. The maximum absolute atomic E-state index is 11.1. The summed E-state index contributed by atoms with van der Waals surface area (Å²) < 4.78 is 31.2. The molecule has 0 saturated carbocycles. The Hall–Kier alpha value is 0.220. The van der Waals surface area contributed by atoms with Crippen LogP contribution in [0.15, 0.2) is 0 Å². The van der Waals surface area contributed by atoms with Gasteiger partial charge < -0.3 is 4.90 Å². The minimum atomic E-state index is -3.93. The first-order valence-corrected chi connectivity index (χ1v) is 19.8. The van der Waals surface area contributed by atoms with Gasteiger partial charge in [-0.1, -0.05) is 168 Å². The summed E-state index contributed by atoms with van der Waals surface area (Å²) in [6, 6.07) is 0. The zero-order chi connectivity index (χ0) is 28.0. The van der Waals surface area contributed by atoms with Gasteiger partial charge in [0.15, 0.2) is 0 Å². The van der Waals surface area contributed by atoms with Gasteiger partial charge in [-0.3, -0.25) is 4.55 Å². The van der Waals surface area contributed by atoms with E-state index in [-0.39, 0.29) is 0 Å². The minimum absolute atomic E-state index is 0.454. The second-order valence-corrected chi connectivity index (χ2v) is 15.0. The van der Waals surface area contributed by atoms with Crippen LogP contribution < -0.4 is 0 Å². The summed E-state index contributed by atoms with van der Waals surface area (Å²) in [6.07, 6.45) is 35.5. The minimum Gasteiger partial charge on any atom is -0.302 e. The van der Waals surface area contributed by atoms with Crippen molar-refractivity contribution in [3.05, 3.63) is 0 Å². The average Bonchev–Trinajstić information content (AvgIpc) is 2.88. The molecule has 0 bridgehead atoms. The molecule has 1 N–H and O–H groups in total. The molecule has 0 aromatic rings. The lowest BCUT2D eigenvalue weighted by Crippen LogP contribution is -2.28. The zero-order valence-electron chi connectivity index (χ0n) is 25.7. The maximum atomic E-state index is 11.1. The summed E-state index contributed by atoms with van der Waals surface area (Å²) in [7, 11) is -3.25. The Morgan fingerprint density at radius 2 is 0.711 bits per heavy atom. The van der Waals surface area contributed by atoms with Gasteiger partial charge in [-0.15, -0.1) is 0 Å². The monoisotopic (exact) mass is 577 g/mol. The van der Waals surface area contributed by atoms with Crippen LogP contribution in [0, 0.1) is 0 Å². The molecular weight excluding hydrogens is 510 g/mol. The molecule has 0 fully saturated rings. The van der Waals surface area contributed by atoms with Crippen LogP contribution in [0.3, 0.4) is 0 Å². The van der Waals surface area contributed by atoms with Crippen molar-refractivity contribution in [1.29, 1.82) is 0 Å². The highest BCUT2D eigenvalue weighted by Crippen LogP contribution is 2.15. The molecule has 6 heteroatoms. The molecule has 38 heavy (non-hydrogen) atoms. The van der Waals surface area contributed by atoms with Gasteiger partial charge in [0.05, 0.1) is 0 Å². The maximum Gasteiger partial charge on any atom is 0.319 e. The zero-order valence-corrected chi connectivity index (χ0v) is 27.4. The molecule has 0 atom stereocenters. The Labute approximate surface area is 243 Å². The molecule has 0 aliphatic carbocycles. The SMILES string of the molecule is CCCCCCCCCCCCCCCN(CCCCCCCCCCCCCCC)CCSS(=O)(=O)O. The van der Waals surface area contributed by atoms with Crippen LogP contribution >= 0.6 is 10.8 Å². The van der Waals surface area contributed by atoms with Crippen LogP contribution in [0.1, 0.15) is 181 Å². The van der Waals surface area contributed by atoms with Gasteiger partial charge in [0.2, 0.25) is 0 Å². The summed E-state index contributed by atoms with van der Waals surface area (Å²) in [5.74, 6) is 0.454. The largest absolute Gasteiger partial charge is 0.319 e. The molecule has 0 aromatic heterocycles. The lowest BCUT2D eigenvalue weighted by atomic mass is 10.0. The topological polar surface area (TPSA) is 57.6 Å². The smallest absolute Gasteiger partial charge is 0.302 e. The Kier molecular flexibility index (Phi) is 30.4. The van der Waals surface area contributed by atoms with Crippen LogP contribution in [0.2, 0.25) is 0 Å². The molecule has 0 amide bonds. The molecule has 0 saturated heterocycles. The van der Waals surface area contributed by atoms with E-state index in [0.29, 0.717) is 16.5 Å². The van der Waals surface area contributed by atoms with E-state index in [1.807, 2.05) is 0 Å². The molecule has 4 nitrogen and oxygen atoms in total. The number of rotatable bonds is 32. The molecule has 0 unspecified atom stereocenters. The van der Waals surface area contributed by atoms with Crippen molar-refractivity contribution in [2.45, 2.75) is 181 Å². The second kappa shape index (κ2) is 30.2. The lowest BCUT2D eigenvalue weighted by Gasteiger charge is -2.22. The fourth-order valence-electron chi connectivity index (χ4n) is 5.31. The Morgan fingerprint density at radius 3 is 0.974 bits per heavy atom. The molecule has 0 heterocycles. The summed E-state index contributed by atoms with van der Waals surface area (Å²) in [5.41, 5.74) is 0. The van der Waals surface area contributed by atoms with E-state index in [9.17, 15) is 8.42 Å². The Bertz CT molecular complexity index is 527. The molecular formula is C32H67NO3S2.